The highest BCUT2D eigenvalue weighted by Gasteiger charge is 2.38. The highest BCUT2D eigenvalue weighted by molar-refractivity contribution is 6.74. The smallest absolute Gasteiger partial charge is 0.192 e. The Balaban J connectivity index is 2.14. The molecule has 1 aliphatic rings. The summed E-state index contributed by atoms with van der Waals surface area (Å²) < 4.78 is 12.3. The second kappa shape index (κ2) is 12.4. The van der Waals surface area contributed by atoms with Crippen LogP contribution in [0.1, 0.15) is 99.8 Å². The molecule has 2 atom stereocenters. The van der Waals surface area contributed by atoms with Gasteiger partial charge >= 0.3 is 0 Å². The maximum absolute atomic E-state index is 6.37. The second-order valence-electron chi connectivity index (χ2n) is 12.0. The van der Waals surface area contributed by atoms with Gasteiger partial charge in [0.25, 0.3) is 0 Å². The van der Waals surface area contributed by atoms with Crippen LogP contribution < -0.4 is 0 Å². The van der Waals surface area contributed by atoms with Crippen LogP contribution in [0.25, 0.3) is 0 Å². The van der Waals surface area contributed by atoms with Gasteiger partial charge in [0.05, 0.1) is 25.5 Å². The van der Waals surface area contributed by atoms with Gasteiger partial charge in [-0.1, -0.05) is 87.0 Å². The summed E-state index contributed by atoms with van der Waals surface area (Å²) in [7, 11) is -1.71. The molecule has 1 aliphatic heterocycles. The Morgan fingerprint density at radius 1 is 0.900 bits per heavy atom. The number of ether oxygens (including phenoxy) is 1. The summed E-state index contributed by atoms with van der Waals surface area (Å²) in [6, 6.07) is 0.213. The van der Waals surface area contributed by atoms with Crippen molar-refractivity contribution in [2.24, 2.45) is 16.3 Å². The molecule has 0 saturated carbocycles. The fourth-order valence-electron chi connectivity index (χ4n) is 3.34. The lowest BCUT2D eigenvalue weighted by molar-refractivity contribution is 0.211. The van der Waals surface area contributed by atoms with Gasteiger partial charge in [0.15, 0.2) is 8.32 Å². The first-order chi connectivity index (χ1) is 13.8. The van der Waals surface area contributed by atoms with Gasteiger partial charge in [-0.15, -0.1) is 0 Å². The van der Waals surface area contributed by atoms with Crippen molar-refractivity contribution in [1.29, 1.82) is 0 Å². The van der Waals surface area contributed by atoms with Crippen molar-refractivity contribution in [3.63, 3.8) is 0 Å². The molecule has 0 spiro atoms. The van der Waals surface area contributed by atoms with Crippen molar-refractivity contribution in [2.45, 2.75) is 124 Å². The molecule has 0 saturated heterocycles. The molecule has 0 aliphatic carbocycles. The predicted octanol–water partition coefficient (Wildman–Crippen LogP) is 8.16. The van der Waals surface area contributed by atoms with Gasteiger partial charge in [-0.2, -0.15) is 0 Å². The molecule has 0 N–H and O–H groups in total. The van der Waals surface area contributed by atoms with Crippen molar-refractivity contribution in [2.75, 3.05) is 13.2 Å². The minimum atomic E-state index is -1.71. The van der Waals surface area contributed by atoms with Crippen LogP contribution in [-0.2, 0) is 9.16 Å². The maximum Gasteiger partial charge on any atom is 0.192 e. The second-order valence-corrected chi connectivity index (χ2v) is 16.8. The number of dihydropyridines is 1. The van der Waals surface area contributed by atoms with E-state index < -0.39 is 8.32 Å². The molecule has 0 radical (unpaired) electrons. The number of aliphatic imine (C=N–C) groups is 1. The number of unbranched alkanes of at least 4 members (excludes halogenated alkanes) is 6. The molecule has 1 unspecified atom stereocenters. The standard InChI is InChI=1S/C26H51NO2Si/c1-22-19-23(20-27-24(22)21-29-30(8,9)26(5,6)7)28-18-16-14-12-10-11-13-15-17-25(2,3)4/h19-20,22,24H,10-18,21H2,1-9H3/t22?,24-/m1/s1. The Bertz CT molecular complexity index is 540. The lowest BCUT2D eigenvalue weighted by atomic mass is 9.89. The molecular formula is C26H51NO2Si. The molecule has 0 aromatic rings. The van der Waals surface area contributed by atoms with E-state index in [1.54, 1.807) is 0 Å². The maximum atomic E-state index is 6.37. The summed E-state index contributed by atoms with van der Waals surface area (Å²) in [5.74, 6) is 1.30. The van der Waals surface area contributed by atoms with Gasteiger partial charge in [0, 0.05) is 5.92 Å². The first-order valence-corrected chi connectivity index (χ1v) is 15.2. The zero-order valence-corrected chi connectivity index (χ0v) is 22.6. The number of rotatable bonds is 13. The van der Waals surface area contributed by atoms with E-state index >= 15 is 0 Å². The third kappa shape index (κ3) is 11.1. The molecule has 1 heterocycles. The minimum Gasteiger partial charge on any atom is -0.492 e. The van der Waals surface area contributed by atoms with Crippen molar-refractivity contribution >= 4 is 14.5 Å². The molecule has 176 valence electrons. The topological polar surface area (TPSA) is 30.8 Å². The van der Waals surface area contributed by atoms with E-state index in [4.69, 9.17) is 14.2 Å². The normalized spacial score (nSPS) is 20.4. The van der Waals surface area contributed by atoms with Crippen LogP contribution in [0.4, 0.5) is 0 Å². The Morgan fingerprint density at radius 3 is 2.00 bits per heavy atom. The number of hydrogen-bond acceptors (Lipinski definition) is 3. The molecule has 1 rings (SSSR count). The summed E-state index contributed by atoms with van der Waals surface area (Å²) in [4.78, 5) is 4.73. The quantitative estimate of drug-likeness (QED) is 0.215. The number of hydrogen-bond donors (Lipinski definition) is 0. The predicted molar refractivity (Wildman–Crippen MR) is 135 cm³/mol. The van der Waals surface area contributed by atoms with Gasteiger partial charge in [0.2, 0.25) is 0 Å². The Kier molecular flexibility index (Phi) is 11.4. The summed E-state index contributed by atoms with van der Waals surface area (Å²) in [6.45, 7) is 22.2. The molecule has 4 heteroatoms. The molecule has 0 fully saturated rings. The largest absolute Gasteiger partial charge is 0.492 e. The molecule has 0 aromatic carbocycles. The number of allylic oxidation sites excluding steroid dienone is 1. The van der Waals surface area contributed by atoms with Gasteiger partial charge < -0.3 is 9.16 Å². The van der Waals surface area contributed by atoms with Gasteiger partial charge in [0.1, 0.15) is 5.76 Å². The van der Waals surface area contributed by atoms with Crippen LogP contribution in [0.5, 0.6) is 0 Å². The zero-order valence-electron chi connectivity index (χ0n) is 21.6. The fraction of sp³-hybridized carbons (Fsp3) is 0.885. The van der Waals surface area contributed by atoms with Crippen molar-refractivity contribution in [3.05, 3.63) is 11.8 Å². The first kappa shape index (κ1) is 27.4. The Morgan fingerprint density at radius 2 is 1.47 bits per heavy atom. The van der Waals surface area contributed by atoms with E-state index in [1.165, 1.54) is 44.9 Å². The van der Waals surface area contributed by atoms with Crippen LogP contribution in [0.2, 0.25) is 18.1 Å². The fourth-order valence-corrected chi connectivity index (χ4v) is 4.36. The molecule has 0 amide bonds. The summed E-state index contributed by atoms with van der Waals surface area (Å²) in [5, 5.41) is 0.241. The zero-order chi connectivity index (χ0) is 22.8. The summed E-state index contributed by atoms with van der Waals surface area (Å²) in [6.07, 6.45) is 14.7. The van der Waals surface area contributed by atoms with Crippen LogP contribution in [-0.4, -0.2) is 33.8 Å². The van der Waals surface area contributed by atoms with Crippen LogP contribution in [0, 0.1) is 11.3 Å². The van der Waals surface area contributed by atoms with Crippen molar-refractivity contribution in [1.82, 2.24) is 0 Å². The third-order valence-corrected chi connectivity index (χ3v) is 11.2. The highest BCUT2D eigenvalue weighted by Crippen LogP contribution is 2.37. The van der Waals surface area contributed by atoms with Crippen molar-refractivity contribution in [3.8, 4) is 0 Å². The number of nitrogens with zero attached hydrogens (tertiary/aromatic N) is 1. The first-order valence-electron chi connectivity index (χ1n) is 12.3. The van der Waals surface area contributed by atoms with Gasteiger partial charge in [-0.3, -0.25) is 4.99 Å². The van der Waals surface area contributed by atoms with Crippen LogP contribution >= 0.6 is 0 Å². The molecule has 0 bridgehead atoms. The molecule has 30 heavy (non-hydrogen) atoms. The van der Waals surface area contributed by atoms with E-state index in [-0.39, 0.29) is 11.1 Å². The Hall–Kier alpha value is -0.613. The van der Waals surface area contributed by atoms with Gasteiger partial charge in [-0.25, -0.2) is 0 Å². The van der Waals surface area contributed by atoms with E-state index in [1.807, 2.05) is 6.21 Å². The summed E-state index contributed by atoms with van der Waals surface area (Å²) in [5.41, 5.74) is 0.490. The molecular weight excluding hydrogens is 386 g/mol. The van der Waals surface area contributed by atoms with Crippen LogP contribution in [0.15, 0.2) is 16.8 Å². The van der Waals surface area contributed by atoms with E-state index in [0.29, 0.717) is 17.9 Å². The average Bonchev–Trinajstić information content (AvgIpc) is 2.60. The molecule has 0 aromatic heterocycles. The highest BCUT2D eigenvalue weighted by atomic mass is 28.4. The monoisotopic (exact) mass is 437 g/mol. The lowest BCUT2D eigenvalue weighted by Crippen LogP contribution is -2.43. The minimum absolute atomic E-state index is 0.213. The van der Waals surface area contributed by atoms with Crippen molar-refractivity contribution < 1.29 is 9.16 Å². The lowest BCUT2D eigenvalue weighted by Gasteiger charge is -2.37. The van der Waals surface area contributed by atoms with E-state index in [9.17, 15) is 0 Å². The van der Waals surface area contributed by atoms with Gasteiger partial charge in [-0.05, 0) is 42.5 Å². The Labute approximate surface area is 189 Å². The average molecular weight is 438 g/mol. The van der Waals surface area contributed by atoms with Crippen LogP contribution in [0.3, 0.4) is 0 Å². The molecule has 3 nitrogen and oxygen atoms in total. The van der Waals surface area contributed by atoms with E-state index in [2.05, 4.69) is 67.6 Å². The summed E-state index contributed by atoms with van der Waals surface area (Å²) >= 11 is 0. The SMILES string of the molecule is CC1C=C(OCCCCCCCCCC(C)(C)C)C=N[C@@H]1CO[Si](C)(C)C(C)(C)C. The third-order valence-electron chi connectivity index (χ3n) is 6.69. The van der Waals surface area contributed by atoms with E-state index in [0.717, 1.165) is 18.8 Å².